The second kappa shape index (κ2) is 6.16. The van der Waals surface area contributed by atoms with Crippen molar-refractivity contribution in [3.63, 3.8) is 0 Å². The molecular formula is C13H19NO5. The van der Waals surface area contributed by atoms with Crippen LogP contribution in [0.4, 0.5) is 0 Å². The number of allylic oxidation sites excluding steroid dienone is 1. The molecule has 0 saturated carbocycles. The van der Waals surface area contributed by atoms with E-state index in [1.807, 2.05) is 6.08 Å². The van der Waals surface area contributed by atoms with Crippen molar-refractivity contribution in [2.45, 2.75) is 38.0 Å². The zero-order chi connectivity index (χ0) is 13.8. The van der Waals surface area contributed by atoms with Gasteiger partial charge < -0.3 is 19.9 Å². The second-order valence-corrected chi connectivity index (χ2v) is 4.92. The number of aliphatic carboxylic acids is 1. The summed E-state index contributed by atoms with van der Waals surface area (Å²) in [5.74, 6) is -1.50. The Morgan fingerprint density at radius 2 is 2.05 bits per heavy atom. The lowest BCUT2D eigenvalue weighted by molar-refractivity contribution is -0.162. The fraction of sp³-hybridized carbons (Fsp3) is 0.692. The average molecular weight is 269 g/mol. The van der Waals surface area contributed by atoms with Crippen molar-refractivity contribution in [2.75, 3.05) is 13.2 Å². The van der Waals surface area contributed by atoms with Crippen molar-refractivity contribution in [3.8, 4) is 0 Å². The van der Waals surface area contributed by atoms with Crippen LogP contribution in [-0.2, 0) is 19.1 Å². The fourth-order valence-electron chi connectivity index (χ4n) is 2.38. The molecule has 0 unspecified atom stereocenters. The molecule has 2 aliphatic rings. The molecule has 1 fully saturated rings. The molecule has 0 spiro atoms. The van der Waals surface area contributed by atoms with E-state index in [2.05, 4.69) is 5.32 Å². The molecule has 2 N–H and O–H groups in total. The van der Waals surface area contributed by atoms with Crippen molar-refractivity contribution in [1.82, 2.24) is 5.32 Å². The SMILES string of the molecule is C[C@@H]1OCCO[C@@H]1C(=O)N[C@H]1C=CC[C@H](C(=O)O)C1. The van der Waals surface area contributed by atoms with Crippen LogP contribution in [0, 0.1) is 5.92 Å². The summed E-state index contributed by atoms with van der Waals surface area (Å²) in [5, 5.41) is 11.8. The number of rotatable bonds is 3. The Labute approximate surface area is 111 Å². The van der Waals surface area contributed by atoms with Gasteiger partial charge in [0.1, 0.15) is 0 Å². The second-order valence-electron chi connectivity index (χ2n) is 4.92. The fourth-order valence-corrected chi connectivity index (χ4v) is 2.38. The summed E-state index contributed by atoms with van der Waals surface area (Å²) < 4.78 is 10.8. The van der Waals surface area contributed by atoms with Crippen molar-refractivity contribution in [1.29, 1.82) is 0 Å². The van der Waals surface area contributed by atoms with E-state index < -0.39 is 18.0 Å². The van der Waals surface area contributed by atoms with E-state index in [1.165, 1.54) is 0 Å². The van der Waals surface area contributed by atoms with E-state index in [0.29, 0.717) is 26.1 Å². The van der Waals surface area contributed by atoms with Crippen LogP contribution >= 0.6 is 0 Å². The number of carboxylic acids is 1. The van der Waals surface area contributed by atoms with Gasteiger partial charge in [0.05, 0.1) is 25.2 Å². The van der Waals surface area contributed by atoms with E-state index in [4.69, 9.17) is 14.6 Å². The van der Waals surface area contributed by atoms with Crippen LogP contribution in [0.15, 0.2) is 12.2 Å². The molecule has 0 bridgehead atoms. The molecule has 106 valence electrons. The number of carbonyl (C=O) groups is 2. The molecule has 6 nitrogen and oxygen atoms in total. The molecule has 1 aliphatic carbocycles. The first-order chi connectivity index (χ1) is 9.08. The first-order valence-electron chi connectivity index (χ1n) is 6.51. The molecule has 0 aromatic heterocycles. The van der Waals surface area contributed by atoms with E-state index in [1.54, 1.807) is 13.0 Å². The van der Waals surface area contributed by atoms with Crippen LogP contribution in [0.1, 0.15) is 19.8 Å². The highest BCUT2D eigenvalue weighted by Gasteiger charge is 2.32. The Morgan fingerprint density at radius 3 is 2.74 bits per heavy atom. The van der Waals surface area contributed by atoms with Gasteiger partial charge in [0.25, 0.3) is 5.91 Å². The minimum Gasteiger partial charge on any atom is -0.481 e. The normalized spacial score (nSPS) is 34.8. The highest BCUT2D eigenvalue weighted by atomic mass is 16.6. The minimum absolute atomic E-state index is 0.243. The summed E-state index contributed by atoms with van der Waals surface area (Å²) in [5.41, 5.74) is 0. The summed E-state index contributed by atoms with van der Waals surface area (Å²) in [4.78, 5) is 23.0. The lowest BCUT2D eigenvalue weighted by Gasteiger charge is -2.30. The monoisotopic (exact) mass is 269 g/mol. The third-order valence-corrected chi connectivity index (χ3v) is 3.45. The number of ether oxygens (including phenoxy) is 2. The third-order valence-electron chi connectivity index (χ3n) is 3.45. The maximum Gasteiger partial charge on any atom is 0.306 e. The maximum absolute atomic E-state index is 12.1. The maximum atomic E-state index is 12.1. The third kappa shape index (κ3) is 3.54. The molecule has 2 rings (SSSR count). The molecule has 6 heteroatoms. The summed E-state index contributed by atoms with van der Waals surface area (Å²) in [7, 11) is 0. The Hall–Kier alpha value is -1.40. The molecule has 1 heterocycles. The molecule has 0 radical (unpaired) electrons. The van der Waals surface area contributed by atoms with Gasteiger partial charge in [-0.25, -0.2) is 0 Å². The smallest absolute Gasteiger partial charge is 0.306 e. The molecule has 1 amide bonds. The van der Waals surface area contributed by atoms with E-state index in [9.17, 15) is 9.59 Å². The first-order valence-corrected chi connectivity index (χ1v) is 6.51. The van der Waals surface area contributed by atoms with Crippen LogP contribution in [0.5, 0.6) is 0 Å². The van der Waals surface area contributed by atoms with Gasteiger partial charge in [0.15, 0.2) is 6.10 Å². The first kappa shape index (κ1) is 14.0. The van der Waals surface area contributed by atoms with Gasteiger partial charge in [-0.3, -0.25) is 9.59 Å². The average Bonchev–Trinajstić information content (AvgIpc) is 2.39. The molecule has 4 atom stereocenters. The Bertz CT molecular complexity index is 381. The number of carbonyl (C=O) groups excluding carboxylic acids is 1. The predicted molar refractivity (Wildman–Crippen MR) is 66.6 cm³/mol. The molecule has 1 saturated heterocycles. The Morgan fingerprint density at radius 1 is 1.32 bits per heavy atom. The molecule has 19 heavy (non-hydrogen) atoms. The Balaban J connectivity index is 1.89. The minimum atomic E-state index is -0.825. The highest BCUT2D eigenvalue weighted by Crippen LogP contribution is 2.19. The summed E-state index contributed by atoms with van der Waals surface area (Å²) in [6, 6.07) is -0.250. The lowest BCUT2D eigenvalue weighted by Crippen LogP contribution is -2.50. The van der Waals surface area contributed by atoms with E-state index in [0.717, 1.165) is 0 Å². The van der Waals surface area contributed by atoms with Crippen LogP contribution in [0.25, 0.3) is 0 Å². The van der Waals surface area contributed by atoms with E-state index in [-0.39, 0.29) is 18.1 Å². The van der Waals surface area contributed by atoms with Gasteiger partial charge in [-0.2, -0.15) is 0 Å². The number of amides is 1. The lowest BCUT2D eigenvalue weighted by atomic mass is 9.91. The standard InChI is InChI=1S/C13H19NO5/c1-8-11(19-6-5-18-8)12(15)14-10-4-2-3-9(7-10)13(16)17/h2,4,8-11H,3,5-7H2,1H3,(H,14,15)(H,16,17)/t8-,9-,10-,11-/m0/s1. The number of hydrogen-bond acceptors (Lipinski definition) is 4. The summed E-state index contributed by atoms with van der Waals surface area (Å²) in [6.45, 7) is 2.69. The predicted octanol–water partition coefficient (Wildman–Crippen LogP) is 0.326. The summed E-state index contributed by atoms with van der Waals surface area (Å²) in [6.07, 6.45) is 3.67. The number of hydrogen-bond donors (Lipinski definition) is 2. The zero-order valence-electron chi connectivity index (χ0n) is 10.9. The van der Waals surface area contributed by atoms with Crippen molar-refractivity contribution in [3.05, 3.63) is 12.2 Å². The van der Waals surface area contributed by atoms with Crippen molar-refractivity contribution >= 4 is 11.9 Å². The van der Waals surface area contributed by atoms with Crippen LogP contribution in [0.2, 0.25) is 0 Å². The van der Waals surface area contributed by atoms with Crippen molar-refractivity contribution in [2.24, 2.45) is 5.92 Å². The van der Waals surface area contributed by atoms with Gasteiger partial charge in [0, 0.05) is 6.04 Å². The molecule has 1 aliphatic heterocycles. The number of carboxylic acid groups (broad SMARTS) is 1. The number of nitrogens with one attached hydrogen (secondary N) is 1. The largest absolute Gasteiger partial charge is 0.481 e. The summed E-state index contributed by atoms with van der Waals surface area (Å²) >= 11 is 0. The van der Waals surface area contributed by atoms with Crippen LogP contribution in [-0.4, -0.2) is 48.4 Å². The van der Waals surface area contributed by atoms with Gasteiger partial charge in [-0.05, 0) is 19.8 Å². The highest BCUT2D eigenvalue weighted by molar-refractivity contribution is 5.82. The molecule has 0 aromatic carbocycles. The van der Waals surface area contributed by atoms with Crippen LogP contribution < -0.4 is 5.32 Å². The van der Waals surface area contributed by atoms with Gasteiger partial charge in [-0.1, -0.05) is 12.2 Å². The van der Waals surface area contributed by atoms with Crippen molar-refractivity contribution < 1.29 is 24.2 Å². The van der Waals surface area contributed by atoms with Gasteiger partial charge >= 0.3 is 5.97 Å². The molecule has 0 aromatic rings. The Kier molecular flexibility index (Phi) is 4.55. The van der Waals surface area contributed by atoms with Gasteiger partial charge in [0.2, 0.25) is 0 Å². The van der Waals surface area contributed by atoms with Crippen LogP contribution in [0.3, 0.4) is 0 Å². The topological polar surface area (TPSA) is 84.9 Å². The quantitative estimate of drug-likeness (QED) is 0.721. The zero-order valence-corrected chi connectivity index (χ0v) is 10.9. The van der Waals surface area contributed by atoms with Gasteiger partial charge in [-0.15, -0.1) is 0 Å². The van der Waals surface area contributed by atoms with E-state index >= 15 is 0 Å². The molecular weight excluding hydrogens is 250 g/mol.